The summed E-state index contributed by atoms with van der Waals surface area (Å²) in [6.07, 6.45) is 9.04. The quantitative estimate of drug-likeness (QED) is 0.686. The van der Waals surface area contributed by atoms with Crippen molar-refractivity contribution in [1.29, 1.82) is 0 Å². The average Bonchev–Trinajstić information content (AvgIpc) is 3.05. The van der Waals surface area contributed by atoms with Crippen LogP contribution in [0.25, 0.3) is 0 Å². The molecule has 0 aliphatic heterocycles. The van der Waals surface area contributed by atoms with Gasteiger partial charge < -0.3 is 14.6 Å². The first kappa shape index (κ1) is 13.4. The Hall–Kier alpha value is -1.03. The van der Waals surface area contributed by atoms with Gasteiger partial charge in [-0.1, -0.05) is 12.8 Å². The van der Waals surface area contributed by atoms with Gasteiger partial charge in [-0.25, -0.2) is 4.98 Å². The zero-order valence-corrected chi connectivity index (χ0v) is 11.6. The molecule has 1 N–H and O–H groups in total. The van der Waals surface area contributed by atoms with Gasteiger partial charge in [-0.15, -0.1) is 0 Å². The standard InChI is InChI=1S/C14H25N3O/c1-3-18-10-4-8-17-9-7-15-14(17)16-12(2)11-13-5-6-13/h7,9,12-13H,3-6,8,10-11H2,1-2H3,(H,15,16). The third-order valence-electron chi connectivity index (χ3n) is 3.37. The van der Waals surface area contributed by atoms with Gasteiger partial charge in [0.05, 0.1) is 0 Å². The van der Waals surface area contributed by atoms with E-state index in [-0.39, 0.29) is 0 Å². The van der Waals surface area contributed by atoms with Crippen molar-refractivity contribution in [3.63, 3.8) is 0 Å². The Kier molecular flexibility index (Phi) is 5.05. The maximum atomic E-state index is 5.36. The molecule has 1 heterocycles. The highest BCUT2D eigenvalue weighted by Gasteiger charge is 2.23. The van der Waals surface area contributed by atoms with E-state index in [1.165, 1.54) is 19.3 Å². The van der Waals surface area contributed by atoms with Crippen LogP contribution >= 0.6 is 0 Å². The van der Waals surface area contributed by atoms with Gasteiger partial charge >= 0.3 is 0 Å². The van der Waals surface area contributed by atoms with Crippen molar-refractivity contribution in [2.24, 2.45) is 5.92 Å². The summed E-state index contributed by atoms with van der Waals surface area (Å²) in [5.41, 5.74) is 0. The van der Waals surface area contributed by atoms with Crippen LogP contribution in [0, 0.1) is 5.92 Å². The normalized spacial score (nSPS) is 16.8. The van der Waals surface area contributed by atoms with E-state index in [1.807, 2.05) is 19.3 Å². The van der Waals surface area contributed by atoms with Gasteiger partial charge in [0.15, 0.2) is 0 Å². The minimum atomic E-state index is 0.519. The zero-order valence-electron chi connectivity index (χ0n) is 11.6. The predicted molar refractivity (Wildman–Crippen MR) is 73.8 cm³/mol. The minimum Gasteiger partial charge on any atom is -0.382 e. The Balaban J connectivity index is 1.75. The number of aryl methyl sites for hydroxylation is 1. The number of hydrogen-bond acceptors (Lipinski definition) is 3. The van der Waals surface area contributed by atoms with Gasteiger partial charge in [-0.2, -0.15) is 0 Å². The molecule has 1 fully saturated rings. The maximum absolute atomic E-state index is 5.36. The predicted octanol–water partition coefficient (Wildman–Crippen LogP) is 2.91. The Labute approximate surface area is 110 Å². The first-order valence-corrected chi connectivity index (χ1v) is 7.15. The van der Waals surface area contributed by atoms with Crippen molar-refractivity contribution < 1.29 is 4.74 Å². The zero-order chi connectivity index (χ0) is 12.8. The molecule has 1 aromatic rings. The van der Waals surface area contributed by atoms with Gasteiger partial charge in [0.25, 0.3) is 0 Å². The number of nitrogens with zero attached hydrogens (tertiary/aromatic N) is 2. The van der Waals surface area contributed by atoms with Crippen molar-refractivity contribution in [3.8, 4) is 0 Å². The van der Waals surface area contributed by atoms with Crippen LogP contribution < -0.4 is 5.32 Å². The summed E-state index contributed by atoms with van der Waals surface area (Å²) in [6.45, 7) is 6.87. The Morgan fingerprint density at radius 3 is 3.11 bits per heavy atom. The summed E-state index contributed by atoms with van der Waals surface area (Å²) >= 11 is 0. The van der Waals surface area contributed by atoms with E-state index in [9.17, 15) is 0 Å². The van der Waals surface area contributed by atoms with E-state index in [0.717, 1.165) is 38.0 Å². The van der Waals surface area contributed by atoms with Crippen LogP contribution in [-0.4, -0.2) is 28.8 Å². The molecule has 0 bridgehead atoms. The molecule has 1 atom stereocenters. The molecule has 2 rings (SSSR count). The molecule has 0 amide bonds. The molecule has 4 heteroatoms. The van der Waals surface area contributed by atoms with E-state index in [4.69, 9.17) is 4.74 Å². The topological polar surface area (TPSA) is 39.1 Å². The van der Waals surface area contributed by atoms with Gasteiger partial charge in [0.2, 0.25) is 5.95 Å². The monoisotopic (exact) mass is 251 g/mol. The molecule has 1 aromatic heterocycles. The summed E-state index contributed by atoms with van der Waals surface area (Å²) in [5, 5.41) is 3.51. The third-order valence-corrected chi connectivity index (χ3v) is 3.37. The van der Waals surface area contributed by atoms with Gasteiger partial charge in [-0.3, -0.25) is 0 Å². The van der Waals surface area contributed by atoms with Crippen molar-refractivity contribution in [3.05, 3.63) is 12.4 Å². The van der Waals surface area contributed by atoms with Crippen molar-refractivity contribution in [2.75, 3.05) is 18.5 Å². The number of aromatic nitrogens is 2. The van der Waals surface area contributed by atoms with E-state index in [2.05, 4.69) is 21.8 Å². The Morgan fingerprint density at radius 1 is 1.56 bits per heavy atom. The SMILES string of the molecule is CCOCCCn1ccnc1NC(C)CC1CC1. The fraction of sp³-hybridized carbons (Fsp3) is 0.786. The molecule has 1 saturated carbocycles. The summed E-state index contributed by atoms with van der Waals surface area (Å²) in [7, 11) is 0. The van der Waals surface area contributed by atoms with Crippen LogP contribution in [0.3, 0.4) is 0 Å². The molecule has 4 nitrogen and oxygen atoms in total. The van der Waals surface area contributed by atoms with Gasteiger partial charge in [0, 0.05) is 38.2 Å². The van der Waals surface area contributed by atoms with Crippen LogP contribution in [0.2, 0.25) is 0 Å². The molecule has 18 heavy (non-hydrogen) atoms. The molecular formula is C14H25N3O. The maximum Gasteiger partial charge on any atom is 0.202 e. The second-order valence-corrected chi connectivity index (χ2v) is 5.22. The molecule has 0 radical (unpaired) electrons. The summed E-state index contributed by atoms with van der Waals surface area (Å²) in [6, 6.07) is 0.519. The first-order chi connectivity index (χ1) is 8.79. The lowest BCUT2D eigenvalue weighted by atomic mass is 10.2. The second-order valence-electron chi connectivity index (χ2n) is 5.22. The van der Waals surface area contributed by atoms with E-state index >= 15 is 0 Å². The van der Waals surface area contributed by atoms with E-state index < -0.39 is 0 Å². The van der Waals surface area contributed by atoms with E-state index in [1.54, 1.807) is 0 Å². The number of nitrogens with one attached hydrogen (secondary N) is 1. The van der Waals surface area contributed by atoms with Crippen molar-refractivity contribution in [2.45, 2.75) is 52.1 Å². The molecule has 0 spiro atoms. The summed E-state index contributed by atoms with van der Waals surface area (Å²) in [4.78, 5) is 4.39. The smallest absolute Gasteiger partial charge is 0.202 e. The highest BCUT2D eigenvalue weighted by Crippen LogP contribution is 2.33. The minimum absolute atomic E-state index is 0.519. The van der Waals surface area contributed by atoms with Crippen LogP contribution in [0.15, 0.2) is 12.4 Å². The van der Waals surface area contributed by atoms with Crippen LogP contribution in [0.1, 0.15) is 39.5 Å². The fourth-order valence-corrected chi connectivity index (χ4v) is 2.24. The highest BCUT2D eigenvalue weighted by atomic mass is 16.5. The number of rotatable bonds is 9. The van der Waals surface area contributed by atoms with Crippen LogP contribution in [0.5, 0.6) is 0 Å². The average molecular weight is 251 g/mol. The number of anilines is 1. The fourth-order valence-electron chi connectivity index (χ4n) is 2.24. The highest BCUT2D eigenvalue weighted by molar-refractivity contribution is 5.27. The summed E-state index contributed by atoms with van der Waals surface area (Å²) < 4.78 is 7.54. The molecule has 1 aliphatic carbocycles. The van der Waals surface area contributed by atoms with E-state index in [0.29, 0.717) is 6.04 Å². The molecule has 1 aliphatic rings. The number of imidazole rings is 1. The van der Waals surface area contributed by atoms with Crippen molar-refractivity contribution >= 4 is 5.95 Å². The molecular weight excluding hydrogens is 226 g/mol. The molecule has 0 aromatic carbocycles. The van der Waals surface area contributed by atoms with Crippen molar-refractivity contribution in [1.82, 2.24) is 9.55 Å². The molecule has 1 unspecified atom stereocenters. The Morgan fingerprint density at radius 2 is 2.39 bits per heavy atom. The Bertz CT molecular complexity index is 347. The molecule has 102 valence electrons. The largest absolute Gasteiger partial charge is 0.382 e. The van der Waals surface area contributed by atoms with Crippen LogP contribution in [-0.2, 0) is 11.3 Å². The lowest BCUT2D eigenvalue weighted by Gasteiger charge is -2.15. The summed E-state index contributed by atoms with van der Waals surface area (Å²) in [5.74, 6) is 1.95. The lowest BCUT2D eigenvalue weighted by Crippen LogP contribution is -2.19. The lowest BCUT2D eigenvalue weighted by molar-refractivity contribution is 0.142. The molecule has 0 saturated heterocycles. The third kappa shape index (κ3) is 4.33. The van der Waals surface area contributed by atoms with Gasteiger partial charge in [-0.05, 0) is 32.6 Å². The first-order valence-electron chi connectivity index (χ1n) is 7.15. The number of ether oxygens (including phenoxy) is 1. The second kappa shape index (κ2) is 6.78. The number of hydrogen-bond donors (Lipinski definition) is 1. The van der Waals surface area contributed by atoms with Gasteiger partial charge in [0.1, 0.15) is 0 Å². The van der Waals surface area contributed by atoms with Crippen LogP contribution in [0.4, 0.5) is 5.95 Å².